The molecular weight excluding hydrogens is 560 g/mol. The lowest BCUT2D eigenvalue weighted by Crippen LogP contribution is -2.61. The van der Waals surface area contributed by atoms with Gasteiger partial charge in [0.1, 0.15) is 11.4 Å². The molecule has 0 bridgehead atoms. The second kappa shape index (κ2) is 11.4. The predicted molar refractivity (Wildman–Crippen MR) is 162 cm³/mol. The number of ether oxygens (including phenoxy) is 1. The third kappa shape index (κ3) is 5.03. The Bertz CT molecular complexity index is 1560. The minimum Gasteiger partial charge on any atom is -0.458 e. The van der Waals surface area contributed by atoms with Gasteiger partial charge >= 0.3 is 5.97 Å². The van der Waals surface area contributed by atoms with E-state index in [0.29, 0.717) is 32.2 Å². The molecular formula is C35H42N2O7. The number of aromatic amines is 1. The highest BCUT2D eigenvalue weighted by molar-refractivity contribution is 5.95. The molecule has 4 aliphatic rings. The van der Waals surface area contributed by atoms with Crippen molar-refractivity contribution in [2.75, 3.05) is 13.2 Å². The number of aromatic nitrogens is 1. The van der Waals surface area contributed by atoms with E-state index in [2.05, 4.69) is 17.2 Å². The lowest BCUT2D eigenvalue weighted by molar-refractivity contribution is -0.173. The molecule has 0 aliphatic heterocycles. The zero-order chi connectivity index (χ0) is 31.3. The number of nitrogens with one attached hydrogen (secondary N) is 2. The number of benzene rings is 1. The first-order valence-electron chi connectivity index (χ1n) is 16.0. The summed E-state index contributed by atoms with van der Waals surface area (Å²) in [7, 11) is 0. The van der Waals surface area contributed by atoms with E-state index in [0.717, 1.165) is 34.9 Å². The van der Waals surface area contributed by atoms with Gasteiger partial charge in [-0.15, -0.1) is 0 Å². The number of amides is 1. The van der Waals surface area contributed by atoms with Crippen LogP contribution in [0.15, 0.2) is 42.1 Å². The standard InChI is InChI=1S/C35H42N2O7/c1-33-14-11-23(38)17-22(33)7-8-25-26-12-15-35(43,34(26,2)18-28(39)32(25)33)29(40)20-44-31(42)10-9-30(41)36-16-13-21-19-37-27-6-4-3-5-24(21)27/h3-6,17,19,25-26,32,37,43H,7-16,18,20H2,1-2H3,(H,36,41). The van der Waals surface area contributed by atoms with Crippen molar-refractivity contribution in [3.8, 4) is 0 Å². The van der Waals surface area contributed by atoms with Gasteiger partial charge in [0.25, 0.3) is 0 Å². The Morgan fingerprint density at radius 1 is 1.07 bits per heavy atom. The molecule has 1 aromatic carbocycles. The van der Waals surface area contributed by atoms with Crippen LogP contribution in [0.25, 0.3) is 10.9 Å². The van der Waals surface area contributed by atoms with Crippen LogP contribution >= 0.6 is 0 Å². The number of carbonyl (C=O) groups is 5. The minimum absolute atomic E-state index is 0.0150. The summed E-state index contributed by atoms with van der Waals surface area (Å²) in [6.07, 6.45) is 7.62. The SMILES string of the molecule is CC12CCC(=O)C=C1CCC1C2C(=O)CC2(C)C1CCC2(O)C(=O)COC(=O)CCC(=O)NCCc1c[nH]c2ccccc12. The second-order valence-corrected chi connectivity index (χ2v) is 13.8. The van der Waals surface area contributed by atoms with Gasteiger partial charge in [-0.3, -0.25) is 24.0 Å². The van der Waals surface area contributed by atoms with E-state index < -0.39 is 29.4 Å². The molecule has 3 saturated carbocycles. The second-order valence-electron chi connectivity index (χ2n) is 13.8. The van der Waals surface area contributed by atoms with Crippen LogP contribution < -0.4 is 5.32 Å². The Hall–Kier alpha value is -3.59. The first-order valence-corrected chi connectivity index (χ1v) is 16.0. The third-order valence-electron chi connectivity index (χ3n) is 11.6. The van der Waals surface area contributed by atoms with E-state index in [9.17, 15) is 29.1 Å². The molecule has 9 heteroatoms. The number of fused-ring (bicyclic) bond motifs is 6. The van der Waals surface area contributed by atoms with Gasteiger partial charge in [-0.05, 0) is 73.5 Å². The maximum atomic E-state index is 13.8. The maximum Gasteiger partial charge on any atom is 0.306 e. The molecule has 2 aromatic rings. The van der Waals surface area contributed by atoms with E-state index in [4.69, 9.17) is 4.74 Å². The van der Waals surface area contributed by atoms with Crippen LogP contribution in [0.5, 0.6) is 0 Å². The Labute approximate surface area is 257 Å². The summed E-state index contributed by atoms with van der Waals surface area (Å²) in [6.45, 7) is 3.79. The number of H-pyrrole nitrogens is 1. The molecule has 0 spiro atoms. The molecule has 44 heavy (non-hydrogen) atoms. The molecule has 0 radical (unpaired) electrons. The van der Waals surface area contributed by atoms with Crippen LogP contribution in [-0.4, -0.2) is 58.1 Å². The molecule has 3 N–H and O–H groups in total. The van der Waals surface area contributed by atoms with Gasteiger partial charge in [0.05, 0.1) is 6.42 Å². The highest BCUT2D eigenvalue weighted by Crippen LogP contribution is 2.66. The zero-order valence-corrected chi connectivity index (χ0v) is 25.6. The predicted octanol–water partition coefficient (Wildman–Crippen LogP) is 4.16. The van der Waals surface area contributed by atoms with Crippen LogP contribution in [0.1, 0.15) is 77.2 Å². The van der Waals surface area contributed by atoms with E-state index in [-0.39, 0.29) is 66.3 Å². The smallest absolute Gasteiger partial charge is 0.306 e. The molecule has 3 fully saturated rings. The van der Waals surface area contributed by atoms with Crippen molar-refractivity contribution in [3.05, 3.63) is 47.7 Å². The summed E-state index contributed by atoms with van der Waals surface area (Å²) >= 11 is 0. The molecule has 234 valence electrons. The summed E-state index contributed by atoms with van der Waals surface area (Å²) in [6, 6.07) is 7.94. The Kier molecular flexibility index (Phi) is 7.89. The highest BCUT2D eigenvalue weighted by atomic mass is 16.5. The van der Waals surface area contributed by atoms with Crippen molar-refractivity contribution in [3.63, 3.8) is 0 Å². The maximum absolute atomic E-state index is 13.8. The lowest BCUT2D eigenvalue weighted by atomic mass is 9.46. The van der Waals surface area contributed by atoms with Gasteiger partial charge in [-0.2, -0.15) is 0 Å². The fraction of sp³-hybridized carbons (Fsp3) is 0.571. The number of hydrogen-bond donors (Lipinski definition) is 3. The fourth-order valence-corrected chi connectivity index (χ4v) is 9.16. The van der Waals surface area contributed by atoms with Gasteiger partial charge in [-0.25, -0.2) is 0 Å². The van der Waals surface area contributed by atoms with Crippen molar-refractivity contribution in [1.29, 1.82) is 0 Å². The van der Waals surface area contributed by atoms with Gasteiger partial charge in [0, 0.05) is 54.2 Å². The normalized spacial score (nSPS) is 32.8. The molecule has 4 aliphatic carbocycles. The van der Waals surface area contributed by atoms with Crippen molar-refractivity contribution < 1.29 is 33.8 Å². The molecule has 1 amide bonds. The van der Waals surface area contributed by atoms with Crippen LogP contribution in [0.2, 0.25) is 0 Å². The van der Waals surface area contributed by atoms with Crippen LogP contribution in [0.4, 0.5) is 0 Å². The number of Topliss-reactive ketones (excluding diaryl/α,β-unsaturated/α-hetero) is 2. The van der Waals surface area contributed by atoms with Crippen molar-refractivity contribution in [2.45, 2.75) is 83.7 Å². The number of hydrogen-bond acceptors (Lipinski definition) is 7. The van der Waals surface area contributed by atoms with Crippen molar-refractivity contribution >= 4 is 40.1 Å². The van der Waals surface area contributed by atoms with Crippen molar-refractivity contribution in [2.24, 2.45) is 28.6 Å². The van der Waals surface area contributed by atoms with Gasteiger partial charge < -0.3 is 20.1 Å². The average molecular weight is 603 g/mol. The first-order chi connectivity index (χ1) is 21.0. The summed E-state index contributed by atoms with van der Waals surface area (Å²) in [4.78, 5) is 67.3. The Morgan fingerprint density at radius 3 is 2.68 bits per heavy atom. The number of carbonyl (C=O) groups excluding carboxylic acids is 5. The van der Waals surface area contributed by atoms with Gasteiger partial charge in [0.15, 0.2) is 12.4 Å². The largest absolute Gasteiger partial charge is 0.458 e. The summed E-state index contributed by atoms with van der Waals surface area (Å²) in [5.41, 5.74) is 0.151. The highest BCUT2D eigenvalue weighted by Gasteiger charge is 2.68. The molecule has 9 nitrogen and oxygen atoms in total. The molecule has 6 unspecified atom stereocenters. The van der Waals surface area contributed by atoms with E-state index in [1.165, 1.54) is 0 Å². The number of allylic oxidation sites excluding steroid dienone is 1. The lowest BCUT2D eigenvalue weighted by Gasteiger charge is -2.57. The van der Waals surface area contributed by atoms with Crippen LogP contribution in [0, 0.1) is 28.6 Å². The van der Waals surface area contributed by atoms with E-state index in [1.807, 2.05) is 37.4 Å². The number of rotatable bonds is 9. The topological polar surface area (TPSA) is 143 Å². The average Bonchev–Trinajstić information content (AvgIpc) is 3.53. The van der Waals surface area contributed by atoms with Gasteiger partial charge in [0.2, 0.25) is 11.7 Å². The summed E-state index contributed by atoms with van der Waals surface area (Å²) < 4.78 is 5.24. The summed E-state index contributed by atoms with van der Waals surface area (Å²) in [5.74, 6) is -1.56. The number of aliphatic hydroxyl groups is 1. The molecule has 0 saturated heterocycles. The van der Waals surface area contributed by atoms with Gasteiger partial charge in [-0.1, -0.05) is 37.6 Å². The number of ketones is 3. The number of para-hydroxylation sites is 1. The molecule has 6 rings (SSSR count). The molecule has 6 atom stereocenters. The van der Waals surface area contributed by atoms with Crippen molar-refractivity contribution in [1.82, 2.24) is 10.3 Å². The van der Waals surface area contributed by atoms with Crippen LogP contribution in [0.3, 0.4) is 0 Å². The first kappa shape index (κ1) is 30.4. The minimum atomic E-state index is -1.77. The fourth-order valence-electron chi connectivity index (χ4n) is 9.16. The van der Waals surface area contributed by atoms with Crippen LogP contribution in [-0.2, 0) is 35.1 Å². The molecule has 1 aromatic heterocycles. The monoisotopic (exact) mass is 602 g/mol. The Balaban J connectivity index is 1.01. The third-order valence-corrected chi connectivity index (χ3v) is 11.6. The Morgan fingerprint density at radius 2 is 1.86 bits per heavy atom. The number of esters is 1. The van der Waals surface area contributed by atoms with E-state index in [1.54, 1.807) is 6.08 Å². The van der Waals surface area contributed by atoms with E-state index >= 15 is 0 Å². The quantitative estimate of drug-likeness (QED) is 0.366. The zero-order valence-electron chi connectivity index (χ0n) is 25.6. The summed E-state index contributed by atoms with van der Waals surface area (Å²) in [5, 5.41) is 15.7. The molecule has 1 heterocycles.